The zero-order valence-electron chi connectivity index (χ0n) is 7.46. The van der Waals surface area contributed by atoms with Crippen molar-refractivity contribution in [2.75, 3.05) is 5.73 Å². The SMILES string of the molecule is CC(C=O)Cc1cccc(I)c1N. The van der Waals surface area contributed by atoms with Crippen molar-refractivity contribution in [1.29, 1.82) is 0 Å². The molecule has 0 bridgehead atoms. The molecule has 13 heavy (non-hydrogen) atoms. The van der Waals surface area contributed by atoms with Crippen molar-refractivity contribution in [3.8, 4) is 0 Å². The van der Waals surface area contributed by atoms with Gasteiger partial charge in [-0.1, -0.05) is 19.1 Å². The quantitative estimate of drug-likeness (QED) is 0.527. The molecule has 1 aromatic carbocycles. The summed E-state index contributed by atoms with van der Waals surface area (Å²) in [4.78, 5) is 10.5. The summed E-state index contributed by atoms with van der Waals surface area (Å²) in [5.74, 6) is 0.0421. The van der Waals surface area contributed by atoms with Crippen LogP contribution in [0.4, 0.5) is 5.69 Å². The Kier molecular flexibility index (Phi) is 3.71. The second kappa shape index (κ2) is 4.60. The lowest BCUT2D eigenvalue weighted by Crippen LogP contribution is -2.04. The number of anilines is 1. The molecule has 1 unspecified atom stereocenters. The lowest BCUT2D eigenvalue weighted by Gasteiger charge is -2.08. The van der Waals surface area contributed by atoms with Gasteiger partial charge in [0.2, 0.25) is 0 Å². The van der Waals surface area contributed by atoms with Crippen molar-refractivity contribution in [1.82, 2.24) is 0 Å². The topological polar surface area (TPSA) is 43.1 Å². The molecule has 2 nitrogen and oxygen atoms in total. The van der Waals surface area contributed by atoms with Gasteiger partial charge in [-0.15, -0.1) is 0 Å². The molecular weight excluding hydrogens is 277 g/mol. The third-order valence-corrected chi connectivity index (χ3v) is 2.86. The Hall–Kier alpha value is -0.580. The minimum absolute atomic E-state index is 0.0421. The van der Waals surface area contributed by atoms with Crippen molar-refractivity contribution in [3.05, 3.63) is 27.3 Å². The first-order chi connectivity index (χ1) is 6.15. The highest BCUT2D eigenvalue weighted by Gasteiger charge is 2.06. The average molecular weight is 289 g/mol. The van der Waals surface area contributed by atoms with Crippen LogP contribution in [-0.4, -0.2) is 6.29 Å². The van der Waals surface area contributed by atoms with E-state index in [1.165, 1.54) is 0 Å². The van der Waals surface area contributed by atoms with Crippen LogP contribution in [0, 0.1) is 9.49 Å². The van der Waals surface area contributed by atoms with E-state index in [0.717, 1.165) is 27.5 Å². The van der Waals surface area contributed by atoms with E-state index < -0.39 is 0 Å². The fourth-order valence-corrected chi connectivity index (χ4v) is 1.71. The highest BCUT2D eigenvalue weighted by atomic mass is 127. The molecule has 1 rings (SSSR count). The smallest absolute Gasteiger partial charge is 0.123 e. The van der Waals surface area contributed by atoms with Gasteiger partial charge in [-0.2, -0.15) is 0 Å². The normalized spacial score (nSPS) is 12.5. The van der Waals surface area contributed by atoms with Crippen LogP contribution in [0.25, 0.3) is 0 Å². The molecule has 2 N–H and O–H groups in total. The largest absolute Gasteiger partial charge is 0.398 e. The van der Waals surface area contributed by atoms with Crippen LogP contribution in [-0.2, 0) is 11.2 Å². The summed E-state index contributed by atoms with van der Waals surface area (Å²) in [7, 11) is 0. The zero-order valence-corrected chi connectivity index (χ0v) is 9.61. The first-order valence-corrected chi connectivity index (χ1v) is 5.21. The number of benzene rings is 1. The molecule has 0 saturated heterocycles. The van der Waals surface area contributed by atoms with Gasteiger partial charge in [-0.05, 0) is 40.6 Å². The number of rotatable bonds is 3. The van der Waals surface area contributed by atoms with Crippen LogP contribution in [0.2, 0.25) is 0 Å². The number of aldehydes is 1. The maximum atomic E-state index is 10.5. The lowest BCUT2D eigenvalue weighted by atomic mass is 10.0. The number of carbonyl (C=O) groups excluding carboxylic acids is 1. The summed E-state index contributed by atoms with van der Waals surface area (Å²) < 4.78 is 1.05. The fraction of sp³-hybridized carbons (Fsp3) is 0.300. The van der Waals surface area contributed by atoms with Crippen molar-refractivity contribution in [2.45, 2.75) is 13.3 Å². The van der Waals surface area contributed by atoms with Gasteiger partial charge in [0.05, 0.1) is 0 Å². The van der Waals surface area contributed by atoms with E-state index in [1.54, 1.807) is 0 Å². The summed E-state index contributed by atoms with van der Waals surface area (Å²) in [6, 6.07) is 5.90. The van der Waals surface area contributed by atoms with Crippen molar-refractivity contribution < 1.29 is 4.79 Å². The van der Waals surface area contributed by atoms with Gasteiger partial charge < -0.3 is 10.5 Å². The maximum Gasteiger partial charge on any atom is 0.123 e. The first kappa shape index (κ1) is 10.5. The summed E-state index contributed by atoms with van der Waals surface area (Å²) in [6.45, 7) is 1.90. The molecule has 1 aromatic rings. The summed E-state index contributed by atoms with van der Waals surface area (Å²) in [5, 5.41) is 0. The number of nitrogens with two attached hydrogens (primary N) is 1. The minimum Gasteiger partial charge on any atom is -0.398 e. The molecular formula is C10H12INO. The lowest BCUT2D eigenvalue weighted by molar-refractivity contribution is -0.110. The number of carbonyl (C=O) groups is 1. The Morgan fingerprint density at radius 2 is 2.31 bits per heavy atom. The Balaban J connectivity index is 2.88. The van der Waals surface area contributed by atoms with Crippen LogP contribution in [0.1, 0.15) is 12.5 Å². The minimum atomic E-state index is 0.0421. The standard InChI is InChI=1S/C10H12INO/c1-7(6-13)5-8-3-2-4-9(11)10(8)12/h2-4,6-7H,5,12H2,1H3. The molecule has 3 heteroatoms. The third kappa shape index (κ3) is 2.69. The van der Waals surface area contributed by atoms with Crippen LogP contribution in [0.15, 0.2) is 18.2 Å². The molecule has 0 aliphatic rings. The number of para-hydroxylation sites is 1. The molecule has 0 saturated carbocycles. The number of hydrogen-bond donors (Lipinski definition) is 1. The molecule has 0 heterocycles. The molecule has 1 atom stereocenters. The summed E-state index contributed by atoms with van der Waals surface area (Å²) >= 11 is 2.20. The highest BCUT2D eigenvalue weighted by molar-refractivity contribution is 14.1. The predicted molar refractivity (Wildman–Crippen MR) is 62.5 cm³/mol. The van der Waals surface area contributed by atoms with Crippen molar-refractivity contribution in [3.63, 3.8) is 0 Å². The van der Waals surface area contributed by atoms with Crippen molar-refractivity contribution >= 4 is 34.6 Å². The molecule has 0 radical (unpaired) electrons. The van der Waals surface area contributed by atoms with E-state index in [4.69, 9.17) is 5.73 Å². The van der Waals surface area contributed by atoms with Gasteiger partial charge in [0.25, 0.3) is 0 Å². The zero-order chi connectivity index (χ0) is 9.84. The highest BCUT2D eigenvalue weighted by Crippen LogP contribution is 2.21. The molecule has 0 aliphatic carbocycles. The molecule has 0 amide bonds. The van der Waals surface area contributed by atoms with Crippen LogP contribution >= 0.6 is 22.6 Å². The van der Waals surface area contributed by atoms with Gasteiger partial charge in [0, 0.05) is 15.2 Å². The Bertz CT molecular complexity index is 312. The van der Waals surface area contributed by atoms with E-state index in [2.05, 4.69) is 22.6 Å². The average Bonchev–Trinajstić information content (AvgIpc) is 2.13. The Morgan fingerprint density at radius 1 is 1.62 bits per heavy atom. The van der Waals surface area contributed by atoms with Crippen molar-refractivity contribution in [2.24, 2.45) is 5.92 Å². The molecule has 0 spiro atoms. The van der Waals surface area contributed by atoms with E-state index in [9.17, 15) is 4.79 Å². The van der Waals surface area contributed by atoms with Gasteiger partial charge in [-0.25, -0.2) is 0 Å². The van der Waals surface area contributed by atoms with E-state index in [0.29, 0.717) is 0 Å². The van der Waals surface area contributed by atoms with E-state index in [1.807, 2.05) is 25.1 Å². The predicted octanol–water partition coefficient (Wildman–Crippen LogP) is 2.25. The van der Waals surface area contributed by atoms with Gasteiger partial charge in [0.15, 0.2) is 0 Å². The Morgan fingerprint density at radius 3 is 2.92 bits per heavy atom. The molecule has 70 valence electrons. The molecule has 0 aromatic heterocycles. The Labute approximate surface area is 91.7 Å². The number of halogens is 1. The van der Waals surface area contributed by atoms with Crippen LogP contribution < -0.4 is 5.73 Å². The summed E-state index contributed by atoms with van der Waals surface area (Å²) in [5.41, 5.74) is 7.73. The summed E-state index contributed by atoms with van der Waals surface area (Å²) in [6.07, 6.45) is 1.69. The van der Waals surface area contributed by atoms with E-state index in [-0.39, 0.29) is 5.92 Å². The number of nitrogen functional groups attached to an aromatic ring is 1. The monoisotopic (exact) mass is 289 g/mol. The fourth-order valence-electron chi connectivity index (χ4n) is 1.15. The van der Waals surface area contributed by atoms with Gasteiger partial charge in [0.1, 0.15) is 6.29 Å². The van der Waals surface area contributed by atoms with Gasteiger partial charge in [-0.3, -0.25) is 0 Å². The molecule has 0 aliphatic heterocycles. The maximum absolute atomic E-state index is 10.5. The van der Waals surface area contributed by atoms with Crippen LogP contribution in [0.5, 0.6) is 0 Å². The van der Waals surface area contributed by atoms with Gasteiger partial charge >= 0.3 is 0 Å². The molecule has 0 fully saturated rings. The van der Waals surface area contributed by atoms with Crippen LogP contribution in [0.3, 0.4) is 0 Å². The second-order valence-corrected chi connectivity index (χ2v) is 4.29. The third-order valence-electron chi connectivity index (χ3n) is 1.92. The first-order valence-electron chi connectivity index (χ1n) is 4.13. The second-order valence-electron chi connectivity index (χ2n) is 3.13. The number of hydrogen-bond acceptors (Lipinski definition) is 2. The van der Waals surface area contributed by atoms with E-state index >= 15 is 0 Å².